The number of ether oxygens (including phenoxy) is 1. The molecule has 1 amide bonds. The van der Waals surface area contributed by atoms with E-state index in [2.05, 4.69) is 12.1 Å². The Hall–Kier alpha value is -1.26. The van der Waals surface area contributed by atoms with Crippen LogP contribution in [0.1, 0.15) is 31.7 Å². The van der Waals surface area contributed by atoms with E-state index in [1.807, 2.05) is 24.0 Å². The summed E-state index contributed by atoms with van der Waals surface area (Å²) >= 11 is 0. The van der Waals surface area contributed by atoms with Crippen LogP contribution in [-0.4, -0.2) is 37.0 Å². The second-order valence-corrected chi connectivity index (χ2v) is 6.02. The first kappa shape index (κ1) is 18.8. The number of hydrogen-bond acceptors (Lipinski definition) is 3. The second kappa shape index (κ2) is 9.01. The maximum Gasteiger partial charge on any atom is 0.224 e. The molecule has 1 saturated heterocycles. The summed E-state index contributed by atoms with van der Waals surface area (Å²) in [4.78, 5) is 14.0. The number of amides is 1. The fourth-order valence-electron chi connectivity index (χ4n) is 2.97. The molecule has 124 valence electrons. The van der Waals surface area contributed by atoms with Crippen molar-refractivity contribution in [3.63, 3.8) is 0 Å². The molecular weight excluding hydrogens is 300 g/mol. The van der Waals surface area contributed by atoms with Gasteiger partial charge in [0.15, 0.2) is 0 Å². The number of piperidine rings is 1. The van der Waals surface area contributed by atoms with Gasteiger partial charge in [0, 0.05) is 25.6 Å². The van der Waals surface area contributed by atoms with Gasteiger partial charge in [0.05, 0.1) is 7.11 Å². The number of methoxy groups -OCH3 is 1. The van der Waals surface area contributed by atoms with Crippen LogP contribution in [0.25, 0.3) is 0 Å². The molecule has 1 aromatic carbocycles. The normalized spacial score (nSPS) is 16.8. The standard InChI is InChI=1S/C17H26N2O2.ClH/c1-13(18)11-17(20)19-9-7-14(8-10-19)12-15-5-3-4-6-16(15)21-2;/h3-6,13-14H,7-12,18H2,1-2H3;1H. The van der Waals surface area contributed by atoms with Crippen molar-refractivity contribution in [3.05, 3.63) is 29.8 Å². The molecule has 0 radical (unpaired) electrons. The maximum absolute atomic E-state index is 12.0. The van der Waals surface area contributed by atoms with Gasteiger partial charge in [0.2, 0.25) is 5.91 Å². The molecule has 1 aliphatic rings. The fraction of sp³-hybridized carbons (Fsp3) is 0.588. The third kappa shape index (κ3) is 5.18. The molecule has 1 aliphatic heterocycles. The number of carbonyl (C=O) groups is 1. The van der Waals surface area contributed by atoms with E-state index in [1.165, 1.54) is 5.56 Å². The van der Waals surface area contributed by atoms with Gasteiger partial charge in [-0.25, -0.2) is 0 Å². The molecule has 1 unspecified atom stereocenters. The first-order chi connectivity index (χ1) is 10.1. The first-order valence-electron chi connectivity index (χ1n) is 7.75. The van der Waals surface area contributed by atoms with Crippen LogP contribution < -0.4 is 10.5 Å². The van der Waals surface area contributed by atoms with E-state index in [0.717, 1.165) is 38.1 Å². The van der Waals surface area contributed by atoms with Gasteiger partial charge in [0.25, 0.3) is 0 Å². The quantitative estimate of drug-likeness (QED) is 0.905. The molecule has 0 bridgehead atoms. The molecule has 1 atom stereocenters. The molecule has 1 aromatic rings. The van der Waals surface area contributed by atoms with Crippen molar-refractivity contribution in [2.24, 2.45) is 11.7 Å². The van der Waals surface area contributed by atoms with Crippen LogP contribution in [0.5, 0.6) is 5.75 Å². The summed E-state index contributed by atoms with van der Waals surface area (Å²) in [7, 11) is 1.72. The lowest BCUT2D eigenvalue weighted by Crippen LogP contribution is -2.40. The number of para-hydroxylation sites is 1. The molecule has 5 heteroatoms. The van der Waals surface area contributed by atoms with Crippen LogP contribution in [-0.2, 0) is 11.2 Å². The largest absolute Gasteiger partial charge is 0.496 e. The molecule has 22 heavy (non-hydrogen) atoms. The lowest BCUT2D eigenvalue weighted by molar-refractivity contribution is -0.132. The Bertz CT molecular complexity index is 471. The van der Waals surface area contributed by atoms with E-state index in [-0.39, 0.29) is 24.4 Å². The van der Waals surface area contributed by atoms with E-state index in [9.17, 15) is 4.79 Å². The Kier molecular flexibility index (Phi) is 7.69. The molecular formula is C17H27ClN2O2. The van der Waals surface area contributed by atoms with Crippen LogP contribution in [0.4, 0.5) is 0 Å². The minimum Gasteiger partial charge on any atom is -0.496 e. The highest BCUT2D eigenvalue weighted by Gasteiger charge is 2.23. The first-order valence-corrected chi connectivity index (χ1v) is 7.75. The minimum absolute atomic E-state index is 0. The number of halogens is 1. The van der Waals surface area contributed by atoms with Crippen LogP contribution in [0.2, 0.25) is 0 Å². The van der Waals surface area contributed by atoms with Gasteiger partial charge in [-0.15, -0.1) is 12.4 Å². The Balaban J connectivity index is 0.00000242. The van der Waals surface area contributed by atoms with Gasteiger partial charge in [0.1, 0.15) is 5.75 Å². The maximum atomic E-state index is 12.0. The molecule has 2 rings (SSSR count). The Morgan fingerprint density at radius 3 is 2.59 bits per heavy atom. The minimum atomic E-state index is -0.0520. The van der Waals surface area contributed by atoms with Crippen molar-refractivity contribution in [1.29, 1.82) is 0 Å². The van der Waals surface area contributed by atoms with Crippen molar-refractivity contribution >= 4 is 18.3 Å². The van der Waals surface area contributed by atoms with E-state index in [4.69, 9.17) is 10.5 Å². The van der Waals surface area contributed by atoms with Gasteiger partial charge < -0.3 is 15.4 Å². The van der Waals surface area contributed by atoms with Crippen LogP contribution in [0.15, 0.2) is 24.3 Å². The number of rotatable bonds is 5. The molecule has 2 N–H and O–H groups in total. The summed E-state index contributed by atoms with van der Waals surface area (Å²) in [6.07, 6.45) is 3.60. The summed E-state index contributed by atoms with van der Waals surface area (Å²) in [6, 6.07) is 8.14. The van der Waals surface area contributed by atoms with E-state index in [0.29, 0.717) is 12.3 Å². The summed E-state index contributed by atoms with van der Waals surface area (Å²) in [5.74, 6) is 1.79. The predicted molar refractivity (Wildman–Crippen MR) is 91.5 cm³/mol. The molecule has 0 saturated carbocycles. The fourth-order valence-corrected chi connectivity index (χ4v) is 2.97. The lowest BCUT2D eigenvalue weighted by atomic mass is 9.89. The van der Waals surface area contributed by atoms with E-state index < -0.39 is 0 Å². The van der Waals surface area contributed by atoms with Crippen LogP contribution in [0, 0.1) is 5.92 Å². The lowest BCUT2D eigenvalue weighted by Gasteiger charge is -2.32. The van der Waals surface area contributed by atoms with Crippen LogP contribution in [0.3, 0.4) is 0 Å². The number of hydrogen-bond donors (Lipinski definition) is 1. The van der Waals surface area contributed by atoms with Gasteiger partial charge >= 0.3 is 0 Å². The second-order valence-electron chi connectivity index (χ2n) is 6.02. The monoisotopic (exact) mass is 326 g/mol. The summed E-state index contributed by atoms with van der Waals surface area (Å²) in [5, 5.41) is 0. The van der Waals surface area contributed by atoms with Gasteiger partial charge in [-0.3, -0.25) is 4.79 Å². The van der Waals surface area contributed by atoms with Gasteiger partial charge in [-0.1, -0.05) is 18.2 Å². The van der Waals surface area contributed by atoms with Gasteiger partial charge in [-0.05, 0) is 43.7 Å². The molecule has 0 spiro atoms. The molecule has 0 aliphatic carbocycles. The highest BCUT2D eigenvalue weighted by molar-refractivity contribution is 5.85. The zero-order chi connectivity index (χ0) is 15.2. The third-order valence-corrected chi connectivity index (χ3v) is 4.16. The Morgan fingerprint density at radius 2 is 2.00 bits per heavy atom. The summed E-state index contributed by atoms with van der Waals surface area (Å²) < 4.78 is 5.41. The van der Waals surface area contributed by atoms with Crippen molar-refractivity contribution in [2.45, 2.75) is 38.6 Å². The van der Waals surface area contributed by atoms with Crippen molar-refractivity contribution < 1.29 is 9.53 Å². The highest BCUT2D eigenvalue weighted by atomic mass is 35.5. The molecule has 0 aromatic heterocycles. The Labute approximate surface area is 139 Å². The molecule has 4 nitrogen and oxygen atoms in total. The van der Waals surface area contributed by atoms with Gasteiger partial charge in [-0.2, -0.15) is 0 Å². The number of nitrogens with zero attached hydrogens (tertiary/aromatic N) is 1. The van der Waals surface area contributed by atoms with E-state index >= 15 is 0 Å². The van der Waals surface area contributed by atoms with Crippen molar-refractivity contribution in [1.82, 2.24) is 4.90 Å². The number of likely N-dealkylation sites (tertiary alicyclic amines) is 1. The third-order valence-electron chi connectivity index (χ3n) is 4.16. The van der Waals surface area contributed by atoms with Crippen molar-refractivity contribution in [2.75, 3.05) is 20.2 Å². The molecule has 1 heterocycles. The smallest absolute Gasteiger partial charge is 0.224 e. The topological polar surface area (TPSA) is 55.6 Å². The average molecular weight is 327 g/mol. The number of carbonyl (C=O) groups excluding carboxylic acids is 1. The zero-order valence-electron chi connectivity index (χ0n) is 13.5. The SMILES string of the molecule is COc1ccccc1CC1CCN(C(=O)CC(C)N)CC1.Cl. The zero-order valence-corrected chi connectivity index (χ0v) is 14.3. The highest BCUT2D eigenvalue weighted by Crippen LogP contribution is 2.26. The molecule has 1 fully saturated rings. The predicted octanol–water partition coefficient (Wildman–Crippen LogP) is 2.64. The number of nitrogens with two attached hydrogens (primary N) is 1. The number of benzene rings is 1. The van der Waals surface area contributed by atoms with Crippen molar-refractivity contribution in [3.8, 4) is 5.75 Å². The van der Waals surface area contributed by atoms with Crippen LogP contribution >= 0.6 is 12.4 Å². The Morgan fingerprint density at radius 1 is 1.36 bits per heavy atom. The van der Waals surface area contributed by atoms with E-state index in [1.54, 1.807) is 7.11 Å². The summed E-state index contributed by atoms with van der Waals surface area (Å²) in [5.41, 5.74) is 6.96. The average Bonchev–Trinajstić information content (AvgIpc) is 2.48. The summed E-state index contributed by atoms with van der Waals surface area (Å²) in [6.45, 7) is 3.59.